The predicted octanol–water partition coefficient (Wildman–Crippen LogP) is 7.05. The van der Waals surface area contributed by atoms with Gasteiger partial charge in [-0.25, -0.2) is 31.4 Å². The summed E-state index contributed by atoms with van der Waals surface area (Å²) in [7, 11) is 5.25. The Kier molecular flexibility index (Phi) is 24.9. The van der Waals surface area contributed by atoms with Crippen LogP contribution in [0.3, 0.4) is 0 Å². The topological polar surface area (TPSA) is 370 Å². The largest absolute Gasteiger partial charge is 0.493 e. The number of aryl methyl sites for hydroxylation is 8. The Bertz CT molecular complexity index is 4290. The van der Waals surface area contributed by atoms with E-state index in [1.54, 1.807) is 57.7 Å². The number of aromatic amines is 3. The van der Waals surface area contributed by atoms with Crippen LogP contribution >= 0.6 is 0 Å². The van der Waals surface area contributed by atoms with Gasteiger partial charge < -0.3 is 29.2 Å². The first-order chi connectivity index (χ1) is 45.4. The van der Waals surface area contributed by atoms with Crippen LogP contribution in [-0.4, -0.2) is 137 Å². The fourth-order valence-corrected chi connectivity index (χ4v) is 11.7. The number of fused-ring (bicyclic) bond motifs is 3. The van der Waals surface area contributed by atoms with Crippen molar-refractivity contribution in [3.05, 3.63) is 119 Å². The summed E-state index contributed by atoms with van der Waals surface area (Å²) in [4.78, 5) is 97.5. The number of hydrogen-bond donors (Lipinski definition) is 9. The summed E-state index contributed by atoms with van der Waals surface area (Å²) < 4.78 is 22.1. The fraction of sp³-hybridized carbons (Fsp3) is 0.455. The summed E-state index contributed by atoms with van der Waals surface area (Å²) in [5.41, 5.74) is 14.9. The SMILES string of the molecule is CCCc1nn(C)c2c(=O)[nH]c(-c3cc(CC4CCN(CC(=O)NO)CC4)ccc3OCC)nc12.CCCc1nn(C)c2c(=O)[nH]c(-c3cc(CCC(=O)NO)ccc3OCC)nc12.CCCc1nn(C)c2c(=O)[nH]c(-c3cc(CCCC(=O)NO)ccc3OCC)nc12. The van der Waals surface area contributed by atoms with Gasteiger partial charge in [-0.1, -0.05) is 58.2 Å². The predicted molar refractivity (Wildman–Crippen MR) is 353 cm³/mol. The molecule has 502 valence electrons. The number of carbonyl (C=O) groups excluding carboxylic acids is 3. The smallest absolute Gasteiger partial charge is 0.277 e. The lowest BCUT2D eigenvalue weighted by Gasteiger charge is -2.31. The number of amides is 3. The Hall–Kier alpha value is -9.64. The lowest BCUT2D eigenvalue weighted by molar-refractivity contribution is -0.131. The molecule has 28 heteroatoms. The van der Waals surface area contributed by atoms with E-state index in [1.165, 1.54) is 0 Å². The number of benzene rings is 3. The van der Waals surface area contributed by atoms with E-state index in [-0.39, 0.29) is 42.0 Å². The molecule has 0 saturated carbocycles. The minimum Gasteiger partial charge on any atom is -0.493 e. The molecule has 0 spiro atoms. The quantitative estimate of drug-likeness (QED) is 0.0194. The Morgan fingerprint density at radius 2 is 0.862 bits per heavy atom. The van der Waals surface area contributed by atoms with Crippen LogP contribution < -0.4 is 47.3 Å². The molecule has 3 aromatic carbocycles. The normalized spacial score (nSPS) is 12.5. The van der Waals surface area contributed by atoms with E-state index in [9.17, 15) is 28.8 Å². The molecule has 9 aromatic rings. The van der Waals surface area contributed by atoms with E-state index in [4.69, 9.17) is 44.8 Å². The molecule has 6 aromatic heterocycles. The number of hydroxylamine groups is 3. The molecule has 0 unspecified atom stereocenters. The molecule has 28 nitrogen and oxygen atoms in total. The van der Waals surface area contributed by atoms with Crippen molar-refractivity contribution < 1.29 is 44.2 Å². The van der Waals surface area contributed by atoms with Gasteiger partial charge in [0.2, 0.25) is 11.8 Å². The molecule has 0 aliphatic carbocycles. The number of nitrogens with one attached hydrogen (secondary N) is 6. The summed E-state index contributed by atoms with van der Waals surface area (Å²) in [6.07, 6.45) is 9.73. The van der Waals surface area contributed by atoms with Gasteiger partial charge >= 0.3 is 0 Å². The lowest BCUT2D eigenvalue weighted by Crippen LogP contribution is -2.41. The van der Waals surface area contributed by atoms with E-state index < -0.39 is 11.8 Å². The Morgan fingerprint density at radius 1 is 0.500 bits per heavy atom. The first-order valence-electron chi connectivity index (χ1n) is 32.1. The number of carbonyl (C=O) groups is 3. The minimum absolute atomic E-state index is 0.135. The van der Waals surface area contributed by atoms with Gasteiger partial charge in [-0.15, -0.1) is 0 Å². The van der Waals surface area contributed by atoms with Gasteiger partial charge in [-0.05, 0) is 151 Å². The van der Waals surface area contributed by atoms with Crippen molar-refractivity contribution in [2.75, 3.05) is 39.5 Å². The molecule has 0 bridgehead atoms. The molecular weight excluding hydrogens is 1210 g/mol. The van der Waals surface area contributed by atoms with E-state index in [1.807, 2.05) is 64.1 Å². The van der Waals surface area contributed by atoms with Crippen molar-refractivity contribution in [2.45, 2.75) is 131 Å². The number of piperidine rings is 1. The van der Waals surface area contributed by atoms with E-state index in [0.717, 1.165) is 110 Å². The lowest BCUT2D eigenvalue weighted by atomic mass is 9.89. The number of rotatable bonds is 26. The van der Waals surface area contributed by atoms with Crippen LogP contribution in [0.2, 0.25) is 0 Å². The summed E-state index contributed by atoms with van der Waals surface area (Å²) in [5, 5.41) is 39.5. The van der Waals surface area contributed by atoms with Crippen molar-refractivity contribution >= 4 is 50.8 Å². The highest BCUT2D eigenvalue weighted by atomic mass is 16.5. The summed E-state index contributed by atoms with van der Waals surface area (Å²) in [5.74, 6) is 2.43. The second kappa shape index (κ2) is 33.3. The molecule has 1 aliphatic rings. The highest BCUT2D eigenvalue weighted by molar-refractivity contribution is 5.83. The average Bonchev–Trinajstić information content (AvgIpc) is 1.58. The van der Waals surface area contributed by atoms with Gasteiger partial charge in [-0.2, -0.15) is 15.3 Å². The van der Waals surface area contributed by atoms with Crippen LogP contribution in [0.15, 0.2) is 69.0 Å². The third-order valence-electron chi connectivity index (χ3n) is 16.0. The second-order valence-corrected chi connectivity index (χ2v) is 23.0. The molecule has 9 N–H and O–H groups in total. The molecule has 1 aliphatic heterocycles. The first kappa shape index (κ1) is 70.2. The zero-order valence-corrected chi connectivity index (χ0v) is 54.9. The van der Waals surface area contributed by atoms with Crippen LogP contribution in [0.5, 0.6) is 17.2 Å². The Balaban J connectivity index is 0.000000182. The van der Waals surface area contributed by atoms with Crippen molar-refractivity contribution in [1.82, 2.24) is 80.6 Å². The molecule has 3 amide bonds. The number of nitrogens with zero attached hydrogens (tertiary/aromatic N) is 10. The van der Waals surface area contributed by atoms with Gasteiger partial charge in [0, 0.05) is 34.0 Å². The maximum Gasteiger partial charge on any atom is 0.277 e. The zero-order chi connectivity index (χ0) is 67.6. The molecule has 0 radical (unpaired) electrons. The minimum atomic E-state index is -0.465. The summed E-state index contributed by atoms with van der Waals surface area (Å²) in [6, 6.07) is 17.3. The number of H-pyrrole nitrogens is 3. The monoisotopic (exact) mass is 1290 g/mol. The van der Waals surface area contributed by atoms with Gasteiger partial charge in [-0.3, -0.25) is 63.3 Å². The number of aromatic nitrogens is 12. The van der Waals surface area contributed by atoms with Crippen molar-refractivity contribution in [2.24, 2.45) is 27.1 Å². The number of likely N-dealkylation sites (tertiary alicyclic amines) is 1. The second-order valence-electron chi connectivity index (χ2n) is 23.0. The third kappa shape index (κ3) is 17.1. The molecule has 0 atom stereocenters. The van der Waals surface area contributed by atoms with Gasteiger partial charge in [0.25, 0.3) is 22.6 Å². The molecule has 94 heavy (non-hydrogen) atoms. The van der Waals surface area contributed by atoms with E-state index in [2.05, 4.69) is 61.1 Å². The molecular formula is C66H86N16O12. The zero-order valence-electron chi connectivity index (χ0n) is 54.9. The Labute approximate surface area is 542 Å². The van der Waals surface area contributed by atoms with Crippen molar-refractivity contribution in [3.63, 3.8) is 0 Å². The van der Waals surface area contributed by atoms with Crippen LogP contribution in [0.25, 0.3) is 67.3 Å². The molecule has 1 saturated heterocycles. The first-order valence-corrected chi connectivity index (χ1v) is 32.1. The number of hydrogen-bond acceptors (Lipinski definition) is 19. The summed E-state index contributed by atoms with van der Waals surface area (Å²) >= 11 is 0. The fourth-order valence-electron chi connectivity index (χ4n) is 11.7. The van der Waals surface area contributed by atoms with Crippen molar-refractivity contribution in [1.29, 1.82) is 0 Å². The van der Waals surface area contributed by atoms with Crippen LogP contribution in [0.1, 0.15) is 127 Å². The number of ether oxygens (including phenoxy) is 3. The highest BCUT2D eigenvalue weighted by Gasteiger charge is 2.25. The summed E-state index contributed by atoms with van der Waals surface area (Å²) in [6.45, 7) is 15.2. The maximum absolute atomic E-state index is 13.0. The molecule has 10 rings (SSSR count). The van der Waals surface area contributed by atoms with Crippen LogP contribution in [0, 0.1) is 5.92 Å². The van der Waals surface area contributed by atoms with Crippen molar-refractivity contribution in [3.8, 4) is 51.4 Å². The maximum atomic E-state index is 13.0. The van der Waals surface area contributed by atoms with Gasteiger partial charge in [0.1, 0.15) is 51.3 Å². The average molecular weight is 1300 g/mol. The molecule has 1 fully saturated rings. The van der Waals surface area contributed by atoms with E-state index in [0.29, 0.717) is 124 Å². The standard InChI is InChI=1S/C25H34N6O4.C21H27N5O4.C20H25N5O4/c1-4-6-19-22-23(30(3)28-19)25(33)27-24(26-22)18-14-17(7-8-20(18)35-5-2)13-16-9-11-31(12-10-16)15-21(32)29-34;1-4-7-15-18-19(26(3)24-15)21(28)23-20(22-18)14-12-13(8-6-9-17(27)25-29)10-11-16(14)30-5-2;1-4-6-14-17-18(25(3)23-14)20(27)22-19(21-17)13-11-12(8-10-16(26)24-28)7-9-15(13)29-5-2/h7-8,14,16,34H,4-6,9-13,15H2,1-3H3,(H,29,32)(H,26,27,33);10-12,29H,4-9H2,1-3H3,(H,25,27)(H,22,23,28);7,9,11,28H,4-6,8,10H2,1-3H3,(H,24,26)(H,21,22,27). The van der Waals surface area contributed by atoms with Gasteiger partial charge in [0.05, 0.1) is 60.1 Å². The highest BCUT2D eigenvalue weighted by Crippen LogP contribution is 2.34. The molecule has 7 heterocycles. The Morgan fingerprint density at radius 3 is 1.23 bits per heavy atom. The van der Waals surface area contributed by atoms with E-state index >= 15 is 0 Å². The van der Waals surface area contributed by atoms with Crippen LogP contribution in [0.4, 0.5) is 0 Å². The van der Waals surface area contributed by atoms with Crippen LogP contribution in [-0.2, 0) is 74.1 Å². The van der Waals surface area contributed by atoms with Gasteiger partial charge in [0.15, 0.2) is 16.6 Å². The third-order valence-corrected chi connectivity index (χ3v) is 16.0.